The van der Waals surface area contributed by atoms with E-state index in [0.717, 1.165) is 5.56 Å². The standard InChI is InChI=1S/C25H21ClFN3O3S/c1-25-21(23(31)28-16-7-3-14(26)4-8-16)22(19-13-18(32-2)11-12-20(19)33-25)29-24(34)30(25)17-9-5-15(27)6-10-17/h3-13,21-22H,1-2H3,(H,28,31)(H,29,34)/t21-,22-,25-/m0/s1. The van der Waals surface area contributed by atoms with Gasteiger partial charge in [-0.3, -0.25) is 9.69 Å². The molecule has 34 heavy (non-hydrogen) atoms. The number of methoxy groups -OCH3 is 1. The van der Waals surface area contributed by atoms with Gasteiger partial charge in [-0.2, -0.15) is 0 Å². The molecule has 5 rings (SSSR count). The number of nitrogens with one attached hydrogen (secondary N) is 2. The molecule has 9 heteroatoms. The van der Waals surface area contributed by atoms with Crippen molar-refractivity contribution in [3.63, 3.8) is 0 Å². The summed E-state index contributed by atoms with van der Waals surface area (Å²) in [6.07, 6.45) is 0. The summed E-state index contributed by atoms with van der Waals surface area (Å²) in [6, 6.07) is 17.7. The van der Waals surface area contributed by atoms with Gasteiger partial charge in [0.15, 0.2) is 10.8 Å². The molecule has 2 N–H and O–H groups in total. The average Bonchev–Trinajstić information content (AvgIpc) is 2.81. The van der Waals surface area contributed by atoms with Gasteiger partial charge >= 0.3 is 0 Å². The molecule has 0 spiro atoms. The van der Waals surface area contributed by atoms with Crippen molar-refractivity contribution in [2.24, 2.45) is 5.92 Å². The molecular formula is C25H21ClFN3O3S. The summed E-state index contributed by atoms with van der Waals surface area (Å²) in [5, 5.41) is 7.22. The molecule has 0 aliphatic carbocycles. The second kappa shape index (κ2) is 8.45. The summed E-state index contributed by atoms with van der Waals surface area (Å²) in [7, 11) is 1.58. The zero-order chi connectivity index (χ0) is 24.0. The SMILES string of the molecule is COc1ccc2c(c1)[C@@H]1NC(=S)N(c3ccc(F)cc3)[C@@](C)(O2)[C@@H]1C(=O)Nc1ccc(Cl)cc1. The summed E-state index contributed by atoms with van der Waals surface area (Å²) in [4.78, 5) is 15.5. The van der Waals surface area contributed by atoms with Crippen LogP contribution in [0.4, 0.5) is 15.8 Å². The van der Waals surface area contributed by atoms with E-state index < -0.39 is 17.7 Å². The minimum atomic E-state index is -1.21. The molecule has 2 aliphatic rings. The first-order chi connectivity index (χ1) is 16.3. The third-order valence-electron chi connectivity index (χ3n) is 6.18. The molecule has 3 aromatic rings. The van der Waals surface area contributed by atoms with Crippen LogP contribution in [-0.2, 0) is 4.79 Å². The van der Waals surface area contributed by atoms with Crippen LogP contribution in [0, 0.1) is 11.7 Å². The lowest BCUT2D eigenvalue weighted by Crippen LogP contribution is -2.72. The number of nitrogens with zero attached hydrogens (tertiary/aromatic N) is 1. The molecule has 3 aromatic carbocycles. The molecule has 2 bridgehead atoms. The van der Waals surface area contributed by atoms with E-state index in [1.54, 1.807) is 54.5 Å². The Bertz CT molecular complexity index is 1270. The van der Waals surface area contributed by atoms with Crippen molar-refractivity contribution in [3.05, 3.63) is 83.1 Å². The van der Waals surface area contributed by atoms with E-state index >= 15 is 0 Å². The van der Waals surface area contributed by atoms with E-state index in [4.69, 9.17) is 33.3 Å². The number of amides is 1. The number of fused-ring (bicyclic) bond motifs is 4. The molecule has 3 atom stereocenters. The Morgan fingerprint density at radius 3 is 2.56 bits per heavy atom. The maximum absolute atomic E-state index is 13.7. The molecule has 1 fully saturated rings. The summed E-state index contributed by atoms with van der Waals surface area (Å²) in [5.74, 6) is -0.144. The van der Waals surface area contributed by atoms with E-state index in [2.05, 4.69) is 10.6 Å². The second-order valence-electron chi connectivity index (χ2n) is 8.27. The molecule has 6 nitrogen and oxygen atoms in total. The minimum Gasteiger partial charge on any atom is -0.497 e. The number of thiocarbonyl (C=S) groups is 1. The fourth-order valence-corrected chi connectivity index (χ4v) is 5.16. The van der Waals surface area contributed by atoms with Crippen LogP contribution in [0.1, 0.15) is 18.5 Å². The molecule has 174 valence electrons. The van der Waals surface area contributed by atoms with Gasteiger partial charge < -0.3 is 20.1 Å². The van der Waals surface area contributed by atoms with Gasteiger partial charge in [0.05, 0.1) is 13.2 Å². The fraction of sp³-hybridized carbons (Fsp3) is 0.200. The van der Waals surface area contributed by atoms with Gasteiger partial charge in [0.2, 0.25) is 5.91 Å². The lowest BCUT2D eigenvalue weighted by atomic mass is 9.78. The first-order valence-electron chi connectivity index (χ1n) is 10.6. The van der Waals surface area contributed by atoms with Gasteiger partial charge in [-0.05, 0) is 85.9 Å². The molecule has 0 unspecified atom stereocenters. The van der Waals surface area contributed by atoms with Crippen LogP contribution in [0.5, 0.6) is 11.5 Å². The minimum absolute atomic E-state index is 0.273. The van der Waals surface area contributed by atoms with Crippen LogP contribution in [0.3, 0.4) is 0 Å². The predicted molar refractivity (Wildman–Crippen MR) is 133 cm³/mol. The average molecular weight is 498 g/mol. The van der Waals surface area contributed by atoms with Crippen molar-refractivity contribution in [2.75, 3.05) is 17.3 Å². The van der Waals surface area contributed by atoms with Crippen molar-refractivity contribution in [3.8, 4) is 11.5 Å². The monoisotopic (exact) mass is 497 g/mol. The fourth-order valence-electron chi connectivity index (χ4n) is 4.62. The number of carbonyl (C=O) groups is 1. The van der Waals surface area contributed by atoms with Gasteiger partial charge in [0.25, 0.3) is 0 Å². The molecule has 2 aliphatic heterocycles. The summed E-state index contributed by atoms with van der Waals surface area (Å²) < 4.78 is 25.6. The van der Waals surface area contributed by atoms with Crippen LogP contribution in [0.15, 0.2) is 66.7 Å². The highest BCUT2D eigenvalue weighted by Crippen LogP contribution is 2.50. The number of benzene rings is 3. The van der Waals surface area contributed by atoms with Gasteiger partial charge in [0, 0.05) is 22.0 Å². The zero-order valence-corrected chi connectivity index (χ0v) is 19.9. The smallest absolute Gasteiger partial charge is 0.236 e. The largest absolute Gasteiger partial charge is 0.497 e. The van der Waals surface area contributed by atoms with E-state index in [1.165, 1.54) is 12.1 Å². The van der Waals surface area contributed by atoms with E-state index in [9.17, 15) is 9.18 Å². The highest BCUT2D eigenvalue weighted by atomic mass is 35.5. The molecular weight excluding hydrogens is 477 g/mol. The van der Waals surface area contributed by atoms with Gasteiger partial charge in [-0.15, -0.1) is 0 Å². The first-order valence-corrected chi connectivity index (χ1v) is 11.4. The van der Waals surface area contributed by atoms with Crippen molar-refractivity contribution >= 4 is 46.2 Å². The van der Waals surface area contributed by atoms with E-state index in [0.29, 0.717) is 33.0 Å². The maximum Gasteiger partial charge on any atom is 0.236 e. The highest BCUT2D eigenvalue weighted by Gasteiger charge is 2.59. The molecule has 2 heterocycles. The zero-order valence-electron chi connectivity index (χ0n) is 18.3. The lowest BCUT2D eigenvalue weighted by molar-refractivity contribution is -0.130. The maximum atomic E-state index is 13.7. The Balaban J connectivity index is 1.62. The second-order valence-corrected chi connectivity index (χ2v) is 9.10. The number of hydrogen-bond acceptors (Lipinski definition) is 4. The molecule has 0 saturated carbocycles. The van der Waals surface area contributed by atoms with Crippen LogP contribution in [-0.4, -0.2) is 23.9 Å². The van der Waals surface area contributed by atoms with Crippen LogP contribution in [0.2, 0.25) is 5.02 Å². The summed E-state index contributed by atoms with van der Waals surface area (Å²) in [5.41, 5.74) is 0.752. The van der Waals surface area contributed by atoms with Gasteiger partial charge in [-0.25, -0.2) is 4.39 Å². The number of rotatable bonds is 4. The molecule has 1 saturated heterocycles. The first kappa shape index (κ1) is 22.4. The van der Waals surface area contributed by atoms with Gasteiger partial charge in [-0.1, -0.05) is 11.6 Å². The summed E-state index contributed by atoms with van der Waals surface area (Å²) >= 11 is 11.7. The Hall–Kier alpha value is -3.36. The topological polar surface area (TPSA) is 62.8 Å². The van der Waals surface area contributed by atoms with Crippen molar-refractivity contribution in [1.29, 1.82) is 0 Å². The number of hydrogen-bond donors (Lipinski definition) is 2. The number of anilines is 2. The van der Waals surface area contributed by atoms with Crippen molar-refractivity contribution in [1.82, 2.24) is 5.32 Å². The Morgan fingerprint density at radius 2 is 1.88 bits per heavy atom. The lowest BCUT2D eigenvalue weighted by Gasteiger charge is -2.56. The quantitative estimate of drug-likeness (QED) is 0.478. The Morgan fingerprint density at radius 1 is 1.18 bits per heavy atom. The van der Waals surface area contributed by atoms with Crippen LogP contribution < -0.4 is 25.0 Å². The third kappa shape index (κ3) is 3.73. The van der Waals surface area contributed by atoms with E-state index in [1.807, 2.05) is 19.1 Å². The third-order valence-corrected chi connectivity index (χ3v) is 6.74. The normalized spacial score (nSPS) is 22.8. The van der Waals surface area contributed by atoms with Crippen molar-refractivity contribution in [2.45, 2.75) is 18.7 Å². The van der Waals surface area contributed by atoms with Crippen molar-refractivity contribution < 1.29 is 18.7 Å². The molecule has 1 amide bonds. The number of ether oxygens (including phenoxy) is 2. The Labute approximate surface area is 206 Å². The predicted octanol–water partition coefficient (Wildman–Crippen LogP) is 5.29. The number of carbonyl (C=O) groups excluding carboxylic acids is 1. The summed E-state index contributed by atoms with van der Waals surface area (Å²) in [6.45, 7) is 1.82. The highest BCUT2D eigenvalue weighted by molar-refractivity contribution is 7.80. The molecule has 0 aromatic heterocycles. The Kier molecular flexibility index (Phi) is 5.58. The molecule has 0 radical (unpaired) electrons. The van der Waals surface area contributed by atoms with E-state index in [-0.39, 0.29) is 11.7 Å². The number of halogens is 2. The van der Waals surface area contributed by atoms with Gasteiger partial charge in [0.1, 0.15) is 23.2 Å². The van der Waals surface area contributed by atoms with Crippen LogP contribution >= 0.6 is 23.8 Å². The van der Waals surface area contributed by atoms with Crippen LogP contribution in [0.25, 0.3) is 0 Å².